The molecule has 0 amide bonds. The number of hydrogen-bond donors (Lipinski definition) is 0. The van der Waals surface area contributed by atoms with E-state index in [-0.39, 0.29) is 3.59 Å². The SMILES string of the molecule is CCC[CH2][Sn]([CH2]CCC)([CH2]CCC)/[C](=C/c1ccccc1)C(F)(F)F. The molecule has 142 valence electrons. The molecule has 1 rings (SSSR count). The van der Waals surface area contributed by atoms with Crippen LogP contribution in [0.4, 0.5) is 13.2 Å². The standard InChI is InChI=1S/C9H6F3.3C4H9.Sn/c10-9(11,12)7-6-8-4-2-1-3-5-8;3*1-3-4-2;/h1-6H;3*1,3-4H2,2H3;. The fourth-order valence-electron chi connectivity index (χ4n) is 3.58. The first kappa shape index (κ1) is 22.6. The Kier molecular flexibility index (Phi) is 10.2. The third kappa shape index (κ3) is 7.36. The molecule has 0 N–H and O–H groups in total. The van der Waals surface area contributed by atoms with Gasteiger partial charge >= 0.3 is 156 Å². The maximum atomic E-state index is 14.2. The predicted octanol–water partition coefficient (Wildman–Crippen LogP) is 8.02. The summed E-state index contributed by atoms with van der Waals surface area (Å²) >= 11 is -3.50. The molecule has 0 nitrogen and oxygen atoms in total. The Morgan fingerprint density at radius 1 is 0.840 bits per heavy atom. The van der Waals surface area contributed by atoms with Gasteiger partial charge in [-0.15, -0.1) is 0 Å². The van der Waals surface area contributed by atoms with Crippen LogP contribution in [0, 0.1) is 0 Å². The maximum absolute atomic E-state index is 14.2. The number of halogens is 3. The van der Waals surface area contributed by atoms with Gasteiger partial charge in [0.2, 0.25) is 0 Å². The minimum absolute atomic E-state index is 0.108. The molecule has 0 radical (unpaired) electrons. The molecule has 0 aliphatic heterocycles. The van der Waals surface area contributed by atoms with E-state index in [2.05, 4.69) is 20.8 Å². The summed E-state index contributed by atoms with van der Waals surface area (Å²) in [6.07, 6.45) is 3.05. The zero-order valence-corrected chi connectivity index (χ0v) is 18.8. The van der Waals surface area contributed by atoms with Crippen LogP contribution >= 0.6 is 0 Å². The monoisotopic (exact) mass is 462 g/mol. The van der Waals surface area contributed by atoms with Crippen molar-refractivity contribution in [1.82, 2.24) is 0 Å². The normalized spacial score (nSPS) is 13.3. The van der Waals surface area contributed by atoms with E-state index in [4.69, 9.17) is 0 Å². The third-order valence-corrected chi connectivity index (χ3v) is 20.7. The first-order valence-electron chi connectivity index (χ1n) is 9.74. The molecular formula is C21H33F3Sn. The van der Waals surface area contributed by atoms with Crippen molar-refractivity contribution < 1.29 is 13.2 Å². The van der Waals surface area contributed by atoms with E-state index < -0.39 is 24.6 Å². The van der Waals surface area contributed by atoms with Gasteiger partial charge in [0, 0.05) is 0 Å². The first-order valence-corrected chi connectivity index (χ1v) is 17.2. The Morgan fingerprint density at radius 3 is 1.64 bits per heavy atom. The van der Waals surface area contributed by atoms with Crippen LogP contribution in [0.25, 0.3) is 6.08 Å². The molecule has 0 bridgehead atoms. The van der Waals surface area contributed by atoms with Crippen LogP contribution in [-0.2, 0) is 0 Å². The van der Waals surface area contributed by atoms with E-state index in [9.17, 15) is 13.2 Å². The fraction of sp³-hybridized carbons (Fsp3) is 0.619. The molecule has 0 aliphatic rings. The Balaban J connectivity index is 3.40. The van der Waals surface area contributed by atoms with Crippen molar-refractivity contribution >= 4 is 24.5 Å². The van der Waals surface area contributed by atoms with Gasteiger partial charge in [-0.2, -0.15) is 0 Å². The van der Waals surface area contributed by atoms with Gasteiger partial charge in [0.25, 0.3) is 0 Å². The molecule has 1 aromatic carbocycles. The topological polar surface area (TPSA) is 0 Å². The van der Waals surface area contributed by atoms with Crippen LogP contribution in [0.5, 0.6) is 0 Å². The number of rotatable bonds is 11. The number of alkyl halides is 3. The third-order valence-electron chi connectivity index (χ3n) is 5.01. The number of hydrogen-bond acceptors (Lipinski definition) is 0. The van der Waals surface area contributed by atoms with Crippen molar-refractivity contribution in [2.45, 2.75) is 78.8 Å². The molecule has 0 fully saturated rings. The average Bonchev–Trinajstić information content (AvgIpc) is 2.60. The molecule has 0 aromatic heterocycles. The Hall–Kier alpha value is -0.451. The second-order valence-electron chi connectivity index (χ2n) is 7.06. The quantitative estimate of drug-likeness (QED) is 0.293. The molecule has 0 spiro atoms. The first-order chi connectivity index (χ1) is 11.9. The summed E-state index contributed by atoms with van der Waals surface area (Å²) in [7, 11) is 0. The molecule has 0 heterocycles. The van der Waals surface area contributed by atoms with Crippen molar-refractivity contribution in [3.63, 3.8) is 0 Å². The van der Waals surface area contributed by atoms with E-state index >= 15 is 0 Å². The second-order valence-corrected chi connectivity index (χ2v) is 20.2. The van der Waals surface area contributed by atoms with Crippen molar-refractivity contribution in [1.29, 1.82) is 0 Å². The van der Waals surface area contributed by atoms with Crippen molar-refractivity contribution in [2.24, 2.45) is 0 Å². The number of allylic oxidation sites excluding steroid dienone is 1. The molecule has 0 unspecified atom stereocenters. The summed E-state index contributed by atoms with van der Waals surface area (Å²) in [5.74, 6) is 0. The van der Waals surface area contributed by atoms with Crippen LogP contribution in [-0.4, -0.2) is 24.6 Å². The number of benzene rings is 1. The second kappa shape index (κ2) is 11.3. The summed E-state index contributed by atoms with van der Waals surface area (Å²) in [4.78, 5) is 0. The number of unbranched alkanes of at least 4 members (excludes halogenated alkanes) is 3. The summed E-state index contributed by atoms with van der Waals surface area (Å²) in [6.45, 7) is 6.26. The summed E-state index contributed by atoms with van der Waals surface area (Å²) < 4.78 is 44.9. The Bertz CT molecular complexity index is 484. The summed E-state index contributed by atoms with van der Waals surface area (Å²) in [5, 5.41) is 0. The van der Waals surface area contributed by atoms with Crippen molar-refractivity contribution in [3.05, 3.63) is 39.5 Å². The van der Waals surface area contributed by atoms with Gasteiger partial charge in [-0.3, -0.25) is 0 Å². The molecule has 0 saturated heterocycles. The predicted molar refractivity (Wildman–Crippen MR) is 105 cm³/mol. The van der Waals surface area contributed by atoms with Gasteiger partial charge in [0.15, 0.2) is 0 Å². The molecule has 1 aromatic rings. The van der Waals surface area contributed by atoms with Crippen LogP contribution < -0.4 is 0 Å². The molecule has 0 saturated carbocycles. The molecule has 0 atom stereocenters. The van der Waals surface area contributed by atoms with Crippen LogP contribution in [0.15, 0.2) is 33.9 Å². The van der Waals surface area contributed by atoms with E-state index in [1.165, 1.54) is 6.08 Å². The molecular weight excluding hydrogens is 428 g/mol. The van der Waals surface area contributed by atoms with E-state index in [1.807, 2.05) is 18.2 Å². The molecule has 0 aliphatic carbocycles. The average molecular weight is 461 g/mol. The molecule has 4 heteroatoms. The van der Waals surface area contributed by atoms with Crippen LogP contribution in [0.1, 0.15) is 64.9 Å². The van der Waals surface area contributed by atoms with Crippen molar-refractivity contribution in [2.75, 3.05) is 0 Å². The van der Waals surface area contributed by atoms with E-state index in [0.717, 1.165) is 51.8 Å². The Morgan fingerprint density at radius 2 is 1.28 bits per heavy atom. The van der Waals surface area contributed by atoms with Gasteiger partial charge in [0.1, 0.15) is 0 Å². The van der Waals surface area contributed by atoms with Gasteiger partial charge in [0.05, 0.1) is 0 Å². The summed E-state index contributed by atoms with van der Waals surface area (Å²) in [6, 6.07) is 9.08. The Labute approximate surface area is 155 Å². The van der Waals surface area contributed by atoms with Crippen LogP contribution in [0.2, 0.25) is 13.3 Å². The zero-order chi connectivity index (χ0) is 18.8. The fourth-order valence-corrected chi connectivity index (χ4v) is 19.9. The summed E-state index contributed by atoms with van der Waals surface area (Å²) in [5.41, 5.74) is 0.695. The van der Waals surface area contributed by atoms with Gasteiger partial charge in [-0.25, -0.2) is 0 Å². The zero-order valence-electron chi connectivity index (χ0n) is 16.0. The van der Waals surface area contributed by atoms with Crippen LogP contribution in [0.3, 0.4) is 0 Å². The van der Waals surface area contributed by atoms with Gasteiger partial charge in [-0.1, -0.05) is 0 Å². The van der Waals surface area contributed by atoms with Gasteiger partial charge in [-0.05, 0) is 0 Å². The minimum atomic E-state index is -4.19. The van der Waals surface area contributed by atoms with Gasteiger partial charge < -0.3 is 0 Å². The van der Waals surface area contributed by atoms with Crippen molar-refractivity contribution in [3.8, 4) is 0 Å². The molecule has 25 heavy (non-hydrogen) atoms. The van der Waals surface area contributed by atoms with E-state index in [1.54, 1.807) is 12.1 Å². The van der Waals surface area contributed by atoms with E-state index in [0.29, 0.717) is 5.56 Å².